The lowest BCUT2D eigenvalue weighted by Gasteiger charge is -2.08. The van der Waals surface area contributed by atoms with Gasteiger partial charge < -0.3 is 5.11 Å². The highest BCUT2D eigenvalue weighted by Gasteiger charge is 2.08. The van der Waals surface area contributed by atoms with Crippen LogP contribution in [0.5, 0.6) is 0 Å². The Balaban J connectivity index is 2.43. The van der Waals surface area contributed by atoms with Crippen LogP contribution in [0.4, 0.5) is 0 Å². The normalized spacial score (nSPS) is 12.4. The van der Waals surface area contributed by atoms with Crippen molar-refractivity contribution in [1.29, 1.82) is 0 Å². The molecule has 82 valence electrons. The van der Waals surface area contributed by atoms with Gasteiger partial charge in [-0.2, -0.15) is 0 Å². The zero-order chi connectivity index (χ0) is 11.5. The van der Waals surface area contributed by atoms with Crippen molar-refractivity contribution in [3.05, 3.63) is 42.0 Å². The van der Waals surface area contributed by atoms with E-state index in [4.69, 9.17) is 0 Å². The fraction of sp³-hybridized carbons (Fsp3) is 0.250. The molecular weight excluding hydrogens is 202 g/mol. The van der Waals surface area contributed by atoms with E-state index in [2.05, 4.69) is 15.0 Å². The molecule has 0 aliphatic heterocycles. The molecule has 2 heterocycles. The Bertz CT molecular complexity index is 483. The lowest BCUT2D eigenvalue weighted by molar-refractivity contribution is 0.197. The monoisotopic (exact) mass is 215 g/mol. The van der Waals surface area contributed by atoms with Crippen molar-refractivity contribution in [2.45, 2.75) is 20.0 Å². The summed E-state index contributed by atoms with van der Waals surface area (Å²) in [5.74, 6) is 0.657. The van der Waals surface area contributed by atoms with Gasteiger partial charge in [0.2, 0.25) is 0 Å². The molecule has 2 rings (SSSR count). The third-order valence-electron chi connectivity index (χ3n) is 2.41. The van der Waals surface area contributed by atoms with Gasteiger partial charge in [0.15, 0.2) is 5.82 Å². The molecule has 0 aliphatic rings. The molecule has 0 saturated carbocycles. The lowest BCUT2D eigenvalue weighted by Crippen LogP contribution is -2.01. The van der Waals surface area contributed by atoms with Gasteiger partial charge in [-0.15, -0.1) is 0 Å². The molecule has 0 saturated heterocycles. The summed E-state index contributed by atoms with van der Waals surface area (Å²) in [4.78, 5) is 12.5. The van der Waals surface area contributed by atoms with Gasteiger partial charge in [-0.05, 0) is 26.0 Å². The van der Waals surface area contributed by atoms with E-state index in [9.17, 15) is 5.11 Å². The summed E-state index contributed by atoms with van der Waals surface area (Å²) in [5, 5.41) is 9.48. The fourth-order valence-electron chi connectivity index (χ4n) is 1.53. The maximum Gasteiger partial charge on any atom is 0.159 e. The van der Waals surface area contributed by atoms with Crippen LogP contribution >= 0.6 is 0 Å². The summed E-state index contributed by atoms with van der Waals surface area (Å²) in [6.45, 7) is 3.58. The molecule has 16 heavy (non-hydrogen) atoms. The first-order chi connectivity index (χ1) is 7.68. The number of aryl methyl sites for hydroxylation is 1. The highest BCUT2D eigenvalue weighted by Crippen LogP contribution is 2.18. The van der Waals surface area contributed by atoms with Gasteiger partial charge in [-0.25, -0.2) is 9.97 Å². The van der Waals surface area contributed by atoms with Crippen LogP contribution in [-0.2, 0) is 0 Å². The quantitative estimate of drug-likeness (QED) is 0.831. The van der Waals surface area contributed by atoms with E-state index in [0.717, 1.165) is 16.8 Å². The van der Waals surface area contributed by atoms with Crippen molar-refractivity contribution < 1.29 is 5.11 Å². The maximum atomic E-state index is 9.48. The molecule has 0 bridgehead atoms. The standard InChI is InChI=1S/C12H13N3O/c1-8-11(9(2)16)7-14-12(15-8)10-3-5-13-6-4-10/h3-7,9,16H,1-2H3. The van der Waals surface area contributed by atoms with Crippen molar-refractivity contribution in [2.75, 3.05) is 0 Å². The molecule has 1 atom stereocenters. The Morgan fingerprint density at radius 3 is 2.50 bits per heavy atom. The largest absolute Gasteiger partial charge is 0.389 e. The van der Waals surface area contributed by atoms with Gasteiger partial charge in [-0.1, -0.05) is 0 Å². The van der Waals surface area contributed by atoms with Crippen molar-refractivity contribution in [1.82, 2.24) is 15.0 Å². The Labute approximate surface area is 94.0 Å². The average molecular weight is 215 g/mol. The van der Waals surface area contributed by atoms with Crippen LogP contribution < -0.4 is 0 Å². The molecule has 0 radical (unpaired) electrons. The molecule has 0 aromatic carbocycles. The summed E-state index contributed by atoms with van der Waals surface area (Å²) < 4.78 is 0. The molecule has 4 nitrogen and oxygen atoms in total. The Morgan fingerprint density at radius 2 is 1.94 bits per heavy atom. The predicted molar refractivity (Wildman–Crippen MR) is 60.6 cm³/mol. The minimum Gasteiger partial charge on any atom is -0.389 e. The minimum absolute atomic E-state index is 0.536. The van der Waals surface area contributed by atoms with Gasteiger partial charge >= 0.3 is 0 Å². The molecule has 0 amide bonds. The number of rotatable bonds is 2. The van der Waals surface area contributed by atoms with Crippen molar-refractivity contribution >= 4 is 0 Å². The zero-order valence-corrected chi connectivity index (χ0v) is 9.25. The average Bonchev–Trinajstić information content (AvgIpc) is 2.29. The number of pyridine rings is 1. The van der Waals surface area contributed by atoms with E-state index in [1.807, 2.05) is 19.1 Å². The summed E-state index contributed by atoms with van der Waals surface area (Å²) in [6.07, 6.45) is 4.54. The molecular formula is C12H13N3O. The fourth-order valence-corrected chi connectivity index (χ4v) is 1.53. The topological polar surface area (TPSA) is 58.9 Å². The summed E-state index contributed by atoms with van der Waals surface area (Å²) in [7, 11) is 0. The molecule has 0 aliphatic carbocycles. The van der Waals surface area contributed by atoms with Crippen LogP contribution in [-0.4, -0.2) is 20.1 Å². The van der Waals surface area contributed by atoms with Crippen molar-refractivity contribution in [2.24, 2.45) is 0 Å². The smallest absolute Gasteiger partial charge is 0.159 e. The van der Waals surface area contributed by atoms with E-state index >= 15 is 0 Å². The zero-order valence-electron chi connectivity index (χ0n) is 9.25. The molecule has 1 unspecified atom stereocenters. The van der Waals surface area contributed by atoms with E-state index < -0.39 is 6.10 Å². The Morgan fingerprint density at radius 1 is 1.25 bits per heavy atom. The van der Waals surface area contributed by atoms with E-state index in [1.54, 1.807) is 25.5 Å². The third-order valence-corrected chi connectivity index (χ3v) is 2.41. The van der Waals surface area contributed by atoms with E-state index in [-0.39, 0.29) is 0 Å². The van der Waals surface area contributed by atoms with Gasteiger partial charge in [0.05, 0.1) is 6.10 Å². The summed E-state index contributed by atoms with van der Waals surface area (Å²) in [6, 6.07) is 3.72. The second kappa shape index (κ2) is 4.37. The van der Waals surface area contributed by atoms with Crippen molar-refractivity contribution in [3.8, 4) is 11.4 Å². The minimum atomic E-state index is -0.536. The summed E-state index contributed by atoms with van der Waals surface area (Å²) in [5.41, 5.74) is 2.49. The number of aliphatic hydroxyl groups excluding tert-OH is 1. The first-order valence-corrected chi connectivity index (χ1v) is 5.10. The molecule has 1 N–H and O–H groups in total. The first-order valence-electron chi connectivity index (χ1n) is 5.10. The molecule has 0 spiro atoms. The van der Waals surface area contributed by atoms with Crippen LogP contribution in [0.2, 0.25) is 0 Å². The number of hydrogen-bond acceptors (Lipinski definition) is 4. The van der Waals surface area contributed by atoms with Gasteiger partial charge in [0.25, 0.3) is 0 Å². The molecule has 4 heteroatoms. The molecule has 2 aromatic heterocycles. The summed E-state index contributed by atoms with van der Waals surface area (Å²) >= 11 is 0. The first kappa shape index (κ1) is 10.7. The number of hydrogen-bond donors (Lipinski definition) is 1. The SMILES string of the molecule is Cc1nc(-c2ccncc2)ncc1C(C)O. The Hall–Kier alpha value is -1.81. The molecule has 2 aromatic rings. The van der Waals surface area contributed by atoms with E-state index in [1.165, 1.54) is 0 Å². The number of aliphatic hydroxyl groups is 1. The van der Waals surface area contributed by atoms with Crippen LogP contribution in [0, 0.1) is 6.92 Å². The van der Waals surface area contributed by atoms with E-state index in [0.29, 0.717) is 5.82 Å². The number of nitrogens with zero attached hydrogens (tertiary/aromatic N) is 3. The van der Waals surface area contributed by atoms with Crippen LogP contribution in [0.15, 0.2) is 30.7 Å². The van der Waals surface area contributed by atoms with Crippen LogP contribution in [0.1, 0.15) is 24.3 Å². The highest BCUT2D eigenvalue weighted by atomic mass is 16.3. The third kappa shape index (κ3) is 2.06. The second-order valence-corrected chi connectivity index (χ2v) is 3.65. The molecule has 0 fully saturated rings. The second-order valence-electron chi connectivity index (χ2n) is 3.65. The van der Waals surface area contributed by atoms with Gasteiger partial charge in [-0.3, -0.25) is 4.98 Å². The lowest BCUT2D eigenvalue weighted by atomic mass is 10.1. The van der Waals surface area contributed by atoms with Gasteiger partial charge in [0.1, 0.15) is 0 Å². The highest BCUT2D eigenvalue weighted by molar-refractivity contribution is 5.53. The maximum absolute atomic E-state index is 9.48. The van der Waals surface area contributed by atoms with Crippen LogP contribution in [0.25, 0.3) is 11.4 Å². The number of aromatic nitrogens is 3. The van der Waals surface area contributed by atoms with Crippen molar-refractivity contribution in [3.63, 3.8) is 0 Å². The predicted octanol–water partition coefficient (Wildman–Crippen LogP) is 1.90. The van der Waals surface area contributed by atoms with Crippen LogP contribution in [0.3, 0.4) is 0 Å². The van der Waals surface area contributed by atoms with Gasteiger partial charge in [0, 0.05) is 35.4 Å². The Kier molecular flexibility index (Phi) is 2.92.